The Balaban J connectivity index is 1.50. The summed E-state index contributed by atoms with van der Waals surface area (Å²) in [5, 5.41) is 11.6. The van der Waals surface area contributed by atoms with Crippen molar-refractivity contribution in [1.82, 2.24) is 25.4 Å². The third kappa shape index (κ3) is 4.24. The summed E-state index contributed by atoms with van der Waals surface area (Å²) in [6.45, 7) is 1.88. The minimum atomic E-state index is -0.119. The zero-order valence-electron chi connectivity index (χ0n) is 16.0. The Hall–Kier alpha value is -2.15. The minimum Gasteiger partial charge on any atom is -0.474 e. The number of hydrogen-bond acceptors (Lipinski definition) is 5. The molecular formula is C20H29N5O2. The number of piperidine rings is 1. The second kappa shape index (κ2) is 8.25. The maximum atomic E-state index is 12.7. The van der Waals surface area contributed by atoms with E-state index in [4.69, 9.17) is 4.74 Å². The molecule has 7 nitrogen and oxygen atoms in total. The van der Waals surface area contributed by atoms with Crippen LogP contribution in [0.3, 0.4) is 0 Å². The monoisotopic (exact) mass is 371 g/mol. The van der Waals surface area contributed by atoms with Gasteiger partial charge in [-0.25, -0.2) is 4.68 Å². The number of aromatic nitrogens is 3. The number of fused-ring (bicyclic) bond motifs is 1. The number of nitrogens with zero attached hydrogens (tertiary/aromatic N) is 3. The standard InChI is InChI=1S/C20H29N5O2/c1-25-19-16(18(24-25)20(26)22-14-10-12-21-13-11-14)8-9-17(23-19)27-15-6-4-2-3-5-7-15/h8-9,14-15,21H,2-7,10-13H2,1H3,(H,22,26). The molecule has 0 atom stereocenters. The predicted octanol–water partition coefficient (Wildman–Crippen LogP) is 2.55. The Kier molecular flexibility index (Phi) is 5.57. The zero-order valence-corrected chi connectivity index (χ0v) is 16.0. The smallest absolute Gasteiger partial charge is 0.272 e. The van der Waals surface area contributed by atoms with Crippen molar-refractivity contribution in [3.05, 3.63) is 17.8 Å². The van der Waals surface area contributed by atoms with E-state index in [1.54, 1.807) is 4.68 Å². The molecule has 1 saturated heterocycles. The van der Waals surface area contributed by atoms with Crippen molar-refractivity contribution < 1.29 is 9.53 Å². The number of carbonyl (C=O) groups is 1. The van der Waals surface area contributed by atoms with E-state index in [0.29, 0.717) is 17.2 Å². The quantitative estimate of drug-likeness (QED) is 0.808. The highest BCUT2D eigenvalue weighted by atomic mass is 16.5. The highest BCUT2D eigenvalue weighted by Gasteiger charge is 2.22. The number of hydrogen-bond donors (Lipinski definition) is 2. The summed E-state index contributed by atoms with van der Waals surface area (Å²) >= 11 is 0. The fourth-order valence-corrected chi connectivity index (χ4v) is 4.10. The van der Waals surface area contributed by atoms with Gasteiger partial charge in [0.1, 0.15) is 6.10 Å². The molecule has 2 fully saturated rings. The summed E-state index contributed by atoms with van der Waals surface area (Å²) in [4.78, 5) is 17.4. The molecule has 1 aliphatic carbocycles. The Bertz CT molecular complexity index is 789. The van der Waals surface area contributed by atoms with E-state index in [1.165, 1.54) is 25.7 Å². The Morgan fingerprint density at radius 3 is 2.63 bits per heavy atom. The van der Waals surface area contributed by atoms with Gasteiger partial charge < -0.3 is 15.4 Å². The molecule has 0 unspecified atom stereocenters. The van der Waals surface area contributed by atoms with Gasteiger partial charge >= 0.3 is 0 Å². The van der Waals surface area contributed by atoms with Crippen LogP contribution in [0.25, 0.3) is 11.0 Å². The first-order chi connectivity index (χ1) is 13.2. The normalized spacial score (nSPS) is 19.7. The molecule has 0 bridgehead atoms. The van der Waals surface area contributed by atoms with Crippen molar-refractivity contribution in [3.63, 3.8) is 0 Å². The van der Waals surface area contributed by atoms with E-state index in [-0.39, 0.29) is 18.1 Å². The zero-order chi connectivity index (χ0) is 18.6. The van der Waals surface area contributed by atoms with Gasteiger partial charge in [0.15, 0.2) is 11.3 Å². The van der Waals surface area contributed by atoms with Crippen LogP contribution >= 0.6 is 0 Å². The number of rotatable bonds is 4. The maximum absolute atomic E-state index is 12.7. The SMILES string of the molecule is Cn1nc(C(=O)NC2CCNCC2)c2ccc(OC3CCCCCC3)nc21. The van der Waals surface area contributed by atoms with Crippen LogP contribution in [0.4, 0.5) is 0 Å². The van der Waals surface area contributed by atoms with Crippen molar-refractivity contribution in [2.45, 2.75) is 63.5 Å². The van der Waals surface area contributed by atoms with Gasteiger partial charge in [0.05, 0.1) is 5.39 Å². The number of amides is 1. The fraction of sp³-hybridized carbons (Fsp3) is 0.650. The van der Waals surface area contributed by atoms with Crippen LogP contribution in [0.1, 0.15) is 61.9 Å². The maximum Gasteiger partial charge on any atom is 0.272 e. The van der Waals surface area contributed by atoms with Crippen molar-refractivity contribution in [3.8, 4) is 5.88 Å². The van der Waals surface area contributed by atoms with Gasteiger partial charge in [-0.2, -0.15) is 10.1 Å². The number of pyridine rings is 1. The average molecular weight is 371 g/mol. The Labute approximate surface area is 159 Å². The first-order valence-electron chi connectivity index (χ1n) is 10.2. The van der Waals surface area contributed by atoms with E-state index in [9.17, 15) is 4.79 Å². The predicted molar refractivity (Wildman–Crippen MR) is 104 cm³/mol. The van der Waals surface area contributed by atoms with Crippen molar-refractivity contribution >= 4 is 16.9 Å². The second-order valence-electron chi connectivity index (χ2n) is 7.72. The van der Waals surface area contributed by atoms with Crippen molar-refractivity contribution in [2.24, 2.45) is 7.05 Å². The lowest BCUT2D eigenvalue weighted by Gasteiger charge is -2.23. The summed E-state index contributed by atoms with van der Waals surface area (Å²) in [6, 6.07) is 4.00. The van der Waals surface area contributed by atoms with E-state index >= 15 is 0 Å². The molecule has 0 spiro atoms. The minimum absolute atomic E-state index is 0.119. The van der Waals surface area contributed by atoms with Crippen LogP contribution in [-0.4, -0.2) is 45.9 Å². The van der Waals surface area contributed by atoms with Crippen LogP contribution in [0.5, 0.6) is 5.88 Å². The lowest BCUT2D eigenvalue weighted by molar-refractivity contribution is 0.0925. The summed E-state index contributed by atoms with van der Waals surface area (Å²) in [7, 11) is 1.83. The highest BCUT2D eigenvalue weighted by molar-refractivity contribution is 6.04. The van der Waals surface area contributed by atoms with Gasteiger partial charge in [0.25, 0.3) is 5.91 Å². The topological polar surface area (TPSA) is 81.1 Å². The molecular weight excluding hydrogens is 342 g/mol. The average Bonchev–Trinajstić information content (AvgIpc) is 2.84. The van der Waals surface area contributed by atoms with Crippen LogP contribution in [0.15, 0.2) is 12.1 Å². The highest BCUT2D eigenvalue weighted by Crippen LogP contribution is 2.24. The first kappa shape index (κ1) is 18.2. The van der Waals surface area contributed by atoms with E-state index in [0.717, 1.165) is 44.2 Å². The second-order valence-corrected chi connectivity index (χ2v) is 7.72. The molecule has 0 aromatic carbocycles. The van der Waals surface area contributed by atoms with E-state index in [1.807, 2.05) is 19.2 Å². The summed E-state index contributed by atoms with van der Waals surface area (Å²) in [6.07, 6.45) is 9.37. The van der Waals surface area contributed by atoms with E-state index < -0.39 is 0 Å². The van der Waals surface area contributed by atoms with Crippen LogP contribution in [0, 0.1) is 0 Å². The van der Waals surface area contributed by atoms with Crippen LogP contribution < -0.4 is 15.4 Å². The fourth-order valence-electron chi connectivity index (χ4n) is 4.10. The first-order valence-corrected chi connectivity index (χ1v) is 10.2. The van der Waals surface area contributed by atoms with Crippen LogP contribution in [-0.2, 0) is 7.05 Å². The molecule has 2 N–H and O–H groups in total. The van der Waals surface area contributed by atoms with Gasteiger partial charge in [-0.1, -0.05) is 12.8 Å². The molecule has 7 heteroatoms. The van der Waals surface area contributed by atoms with Gasteiger partial charge in [-0.15, -0.1) is 0 Å². The number of carbonyl (C=O) groups excluding carboxylic acids is 1. The van der Waals surface area contributed by atoms with E-state index in [2.05, 4.69) is 20.7 Å². The lowest BCUT2D eigenvalue weighted by atomic mass is 10.1. The molecule has 0 radical (unpaired) electrons. The van der Waals surface area contributed by atoms with Gasteiger partial charge in [-0.3, -0.25) is 4.79 Å². The van der Waals surface area contributed by atoms with Crippen LogP contribution in [0.2, 0.25) is 0 Å². The number of ether oxygens (including phenoxy) is 1. The molecule has 146 valence electrons. The lowest BCUT2D eigenvalue weighted by Crippen LogP contribution is -2.42. The molecule has 1 saturated carbocycles. The number of aryl methyl sites for hydroxylation is 1. The summed E-state index contributed by atoms with van der Waals surface area (Å²) in [5.41, 5.74) is 1.14. The number of nitrogens with one attached hydrogen (secondary N) is 2. The van der Waals surface area contributed by atoms with Gasteiger partial charge in [-0.05, 0) is 57.7 Å². The van der Waals surface area contributed by atoms with Crippen molar-refractivity contribution in [2.75, 3.05) is 13.1 Å². The van der Waals surface area contributed by atoms with Gasteiger partial charge in [0, 0.05) is 19.2 Å². The summed E-state index contributed by atoms with van der Waals surface area (Å²) < 4.78 is 7.80. The molecule has 1 aliphatic heterocycles. The third-order valence-corrected chi connectivity index (χ3v) is 5.64. The molecule has 4 rings (SSSR count). The molecule has 27 heavy (non-hydrogen) atoms. The molecule has 1 amide bonds. The Morgan fingerprint density at radius 1 is 1.15 bits per heavy atom. The molecule has 2 aromatic rings. The largest absolute Gasteiger partial charge is 0.474 e. The summed E-state index contributed by atoms with van der Waals surface area (Å²) in [5.74, 6) is 0.509. The molecule has 2 aromatic heterocycles. The van der Waals surface area contributed by atoms with Gasteiger partial charge in [0.2, 0.25) is 5.88 Å². The van der Waals surface area contributed by atoms with Crippen molar-refractivity contribution in [1.29, 1.82) is 0 Å². The Morgan fingerprint density at radius 2 is 1.89 bits per heavy atom. The molecule has 2 aliphatic rings. The molecule has 3 heterocycles. The third-order valence-electron chi connectivity index (χ3n) is 5.64.